The van der Waals surface area contributed by atoms with E-state index in [1.54, 1.807) is 23.1 Å². The van der Waals surface area contributed by atoms with Gasteiger partial charge in [0.1, 0.15) is 5.52 Å². The Labute approximate surface area is 109 Å². The molecule has 0 bridgehead atoms. The number of hydrogen-bond donors (Lipinski definition) is 0. The Hall–Kier alpha value is -2.15. The molecule has 1 unspecified atom stereocenters. The molecule has 2 aromatic rings. The molecule has 0 spiro atoms. The van der Waals surface area contributed by atoms with E-state index >= 15 is 0 Å². The van der Waals surface area contributed by atoms with Crippen LogP contribution in [0.25, 0.3) is 5.52 Å². The van der Waals surface area contributed by atoms with Gasteiger partial charge in [-0.15, -0.1) is 0 Å². The standard InChI is InChI=1S/C12H14N4O3/c1-18-12(17)10-8-15(6-7-19-10)11-9-2-3-14-16(9)5-4-13-11/h2-5,10H,6-8H2,1H3. The Balaban J connectivity index is 1.89. The van der Waals surface area contributed by atoms with E-state index in [9.17, 15) is 4.79 Å². The van der Waals surface area contributed by atoms with Crippen LogP contribution in [0, 0.1) is 0 Å². The number of ether oxygens (including phenoxy) is 2. The lowest BCUT2D eigenvalue weighted by Gasteiger charge is -2.32. The molecule has 1 fully saturated rings. The van der Waals surface area contributed by atoms with Crippen LogP contribution in [-0.2, 0) is 14.3 Å². The van der Waals surface area contributed by atoms with Crippen molar-refractivity contribution in [1.82, 2.24) is 14.6 Å². The number of aromatic nitrogens is 3. The lowest BCUT2D eigenvalue weighted by molar-refractivity contribution is -0.154. The summed E-state index contributed by atoms with van der Waals surface area (Å²) in [7, 11) is 1.36. The molecule has 1 atom stereocenters. The summed E-state index contributed by atoms with van der Waals surface area (Å²) in [5.41, 5.74) is 0.910. The van der Waals surface area contributed by atoms with Gasteiger partial charge in [0.25, 0.3) is 0 Å². The number of morpholine rings is 1. The van der Waals surface area contributed by atoms with Crippen LogP contribution in [0.4, 0.5) is 5.82 Å². The van der Waals surface area contributed by atoms with Gasteiger partial charge in [-0.25, -0.2) is 14.3 Å². The number of carbonyl (C=O) groups excluding carboxylic acids is 1. The molecule has 0 saturated carbocycles. The Kier molecular flexibility index (Phi) is 3.04. The molecule has 7 heteroatoms. The van der Waals surface area contributed by atoms with Crippen LogP contribution in [0.5, 0.6) is 0 Å². The SMILES string of the molecule is COC(=O)C1CN(c2nccn3nccc23)CCO1. The summed E-state index contributed by atoms with van der Waals surface area (Å²) < 4.78 is 11.9. The number of rotatable bonds is 2. The molecule has 2 aromatic heterocycles. The maximum atomic E-state index is 11.5. The molecule has 0 radical (unpaired) electrons. The molecular formula is C12H14N4O3. The summed E-state index contributed by atoms with van der Waals surface area (Å²) in [5, 5.41) is 4.17. The number of nitrogens with zero attached hydrogens (tertiary/aromatic N) is 4. The van der Waals surface area contributed by atoms with Gasteiger partial charge in [-0.3, -0.25) is 0 Å². The second-order valence-electron chi connectivity index (χ2n) is 4.24. The smallest absolute Gasteiger partial charge is 0.336 e. The highest BCUT2D eigenvalue weighted by Gasteiger charge is 2.28. The fourth-order valence-electron chi connectivity index (χ4n) is 2.20. The molecule has 0 aliphatic carbocycles. The van der Waals surface area contributed by atoms with Crippen LogP contribution < -0.4 is 4.90 Å². The lowest BCUT2D eigenvalue weighted by atomic mass is 10.2. The van der Waals surface area contributed by atoms with Crippen molar-refractivity contribution >= 4 is 17.3 Å². The first kappa shape index (κ1) is 11.9. The Morgan fingerprint density at radius 2 is 2.42 bits per heavy atom. The summed E-state index contributed by atoms with van der Waals surface area (Å²) in [6, 6.07) is 1.89. The number of methoxy groups -OCH3 is 1. The van der Waals surface area contributed by atoms with Crippen molar-refractivity contribution in [3.8, 4) is 0 Å². The maximum Gasteiger partial charge on any atom is 0.336 e. The van der Waals surface area contributed by atoms with Crippen LogP contribution in [0.3, 0.4) is 0 Å². The van der Waals surface area contributed by atoms with Crippen molar-refractivity contribution < 1.29 is 14.3 Å². The van der Waals surface area contributed by atoms with Gasteiger partial charge in [-0.1, -0.05) is 0 Å². The first-order valence-corrected chi connectivity index (χ1v) is 6.02. The molecule has 3 rings (SSSR count). The Morgan fingerprint density at radius 1 is 1.53 bits per heavy atom. The molecule has 19 heavy (non-hydrogen) atoms. The van der Waals surface area contributed by atoms with E-state index in [0.29, 0.717) is 19.7 Å². The van der Waals surface area contributed by atoms with Gasteiger partial charge in [0.15, 0.2) is 11.9 Å². The number of fused-ring (bicyclic) bond motifs is 1. The minimum Gasteiger partial charge on any atom is -0.467 e. The zero-order chi connectivity index (χ0) is 13.2. The van der Waals surface area contributed by atoms with Gasteiger partial charge in [0, 0.05) is 18.9 Å². The number of carbonyl (C=O) groups is 1. The zero-order valence-corrected chi connectivity index (χ0v) is 10.5. The minimum absolute atomic E-state index is 0.356. The summed E-state index contributed by atoms with van der Waals surface area (Å²) in [5.74, 6) is 0.447. The van der Waals surface area contributed by atoms with Gasteiger partial charge in [-0.2, -0.15) is 5.10 Å². The topological polar surface area (TPSA) is 69.0 Å². The van der Waals surface area contributed by atoms with E-state index in [0.717, 1.165) is 11.3 Å². The van der Waals surface area contributed by atoms with Crippen molar-refractivity contribution in [2.24, 2.45) is 0 Å². The second kappa shape index (κ2) is 4.85. The number of hydrogen-bond acceptors (Lipinski definition) is 6. The monoisotopic (exact) mass is 262 g/mol. The summed E-state index contributed by atoms with van der Waals surface area (Å²) in [4.78, 5) is 17.9. The van der Waals surface area contributed by atoms with Crippen molar-refractivity contribution in [2.75, 3.05) is 31.7 Å². The first-order valence-electron chi connectivity index (χ1n) is 6.02. The molecular weight excluding hydrogens is 248 g/mol. The maximum absolute atomic E-state index is 11.5. The van der Waals surface area contributed by atoms with E-state index in [2.05, 4.69) is 10.1 Å². The summed E-state index contributed by atoms with van der Waals surface area (Å²) in [6.07, 6.45) is 4.64. The van der Waals surface area contributed by atoms with Crippen molar-refractivity contribution in [3.05, 3.63) is 24.7 Å². The molecule has 0 amide bonds. The Bertz CT molecular complexity index is 597. The van der Waals surface area contributed by atoms with Crippen LogP contribution in [0.2, 0.25) is 0 Å². The third-order valence-corrected chi connectivity index (χ3v) is 3.13. The quantitative estimate of drug-likeness (QED) is 0.715. The minimum atomic E-state index is -0.566. The van der Waals surface area contributed by atoms with E-state index in [1.807, 2.05) is 11.0 Å². The molecule has 1 aliphatic heterocycles. The van der Waals surface area contributed by atoms with Crippen molar-refractivity contribution in [1.29, 1.82) is 0 Å². The highest BCUT2D eigenvalue weighted by atomic mass is 16.6. The average Bonchev–Trinajstić information content (AvgIpc) is 2.94. The number of anilines is 1. The van der Waals surface area contributed by atoms with Gasteiger partial charge >= 0.3 is 5.97 Å². The second-order valence-corrected chi connectivity index (χ2v) is 4.24. The lowest BCUT2D eigenvalue weighted by Crippen LogP contribution is -2.47. The highest BCUT2D eigenvalue weighted by Crippen LogP contribution is 2.20. The van der Waals surface area contributed by atoms with Crippen LogP contribution in [-0.4, -0.2) is 53.5 Å². The van der Waals surface area contributed by atoms with Crippen molar-refractivity contribution in [3.63, 3.8) is 0 Å². The number of esters is 1. The largest absolute Gasteiger partial charge is 0.467 e. The van der Waals surface area contributed by atoms with Gasteiger partial charge in [0.2, 0.25) is 0 Å². The van der Waals surface area contributed by atoms with Crippen LogP contribution in [0.15, 0.2) is 24.7 Å². The molecule has 0 aromatic carbocycles. The van der Waals surface area contributed by atoms with E-state index in [4.69, 9.17) is 9.47 Å². The van der Waals surface area contributed by atoms with E-state index < -0.39 is 6.10 Å². The van der Waals surface area contributed by atoms with E-state index in [1.165, 1.54) is 7.11 Å². The first-order chi connectivity index (χ1) is 9.29. The normalized spacial score (nSPS) is 19.6. The average molecular weight is 262 g/mol. The molecule has 1 aliphatic rings. The predicted octanol–water partition coefficient (Wildman–Crippen LogP) is 0.107. The molecule has 1 saturated heterocycles. The third kappa shape index (κ3) is 2.12. The third-order valence-electron chi connectivity index (χ3n) is 3.13. The van der Waals surface area contributed by atoms with Crippen LogP contribution >= 0.6 is 0 Å². The predicted molar refractivity (Wildman–Crippen MR) is 67.0 cm³/mol. The molecule has 0 N–H and O–H groups in total. The molecule has 3 heterocycles. The van der Waals surface area contributed by atoms with Crippen molar-refractivity contribution in [2.45, 2.75) is 6.10 Å². The molecule has 100 valence electrons. The fourth-order valence-corrected chi connectivity index (χ4v) is 2.20. The summed E-state index contributed by atoms with van der Waals surface area (Å²) in [6.45, 7) is 1.59. The van der Waals surface area contributed by atoms with E-state index in [-0.39, 0.29) is 5.97 Å². The fraction of sp³-hybridized carbons (Fsp3) is 0.417. The van der Waals surface area contributed by atoms with Gasteiger partial charge in [-0.05, 0) is 6.07 Å². The highest BCUT2D eigenvalue weighted by molar-refractivity contribution is 5.76. The zero-order valence-electron chi connectivity index (χ0n) is 10.5. The van der Waals surface area contributed by atoms with Gasteiger partial charge < -0.3 is 14.4 Å². The summed E-state index contributed by atoms with van der Waals surface area (Å²) >= 11 is 0. The van der Waals surface area contributed by atoms with Crippen LogP contribution in [0.1, 0.15) is 0 Å². The van der Waals surface area contributed by atoms with Gasteiger partial charge in [0.05, 0.1) is 26.5 Å². The Morgan fingerprint density at radius 3 is 3.26 bits per heavy atom. The molecule has 7 nitrogen and oxygen atoms in total.